The monoisotopic (exact) mass is 476 g/mol. The predicted octanol–water partition coefficient (Wildman–Crippen LogP) is 2.75. The number of para-hydroxylation sites is 1. The molecule has 33 heavy (non-hydrogen) atoms. The van der Waals surface area contributed by atoms with E-state index in [0.717, 1.165) is 0 Å². The van der Waals surface area contributed by atoms with Gasteiger partial charge in [0.05, 0.1) is 30.7 Å². The van der Waals surface area contributed by atoms with Gasteiger partial charge in [-0.15, -0.1) is 12.6 Å². The maximum atomic E-state index is 12.8. The van der Waals surface area contributed by atoms with Crippen molar-refractivity contribution in [2.24, 2.45) is 12.0 Å². The summed E-state index contributed by atoms with van der Waals surface area (Å²) in [5, 5.41) is 0.691. The van der Waals surface area contributed by atoms with Crippen LogP contribution in [0.4, 0.5) is 8.78 Å². The second-order valence-corrected chi connectivity index (χ2v) is 7.82. The number of alkyl halides is 2. The summed E-state index contributed by atoms with van der Waals surface area (Å²) in [7, 11) is 1.57. The lowest BCUT2D eigenvalue weighted by molar-refractivity contribution is -0.0505. The summed E-state index contributed by atoms with van der Waals surface area (Å²) in [5.74, 6) is -0.485. The molecular weight excluding hydrogens is 454 g/mol. The summed E-state index contributed by atoms with van der Waals surface area (Å²) in [6.45, 7) is -0.634. The Bertz CT molecular complexity index is 1270. The van der Waals surface area contributed by atoms with Gasteiger partial charge < -0.3 is 14.4 Å². The highest BCUT2D eigenvalue weighted by Gasteiger charge is 2.18. The molecule has 2 aromatic carbocycles. The highest BCUT2D eigenvalue weighted by atomic mass is 32.1. The Kier molecular flexibility index (Phi) is 6.80. The third-order valence-electron chi connectivity index (χ3n) is 5.41. The molecule has 0 unspecified atom stereocenters. The minimum Gasteiger partial charge on any atom is -0.434 e. The van der Waals surface area contributed by atoms with Crippen molar-refractivity contribution in [3.8, 4) is 5.75 Å². The molecule has 2 heterocycles. The smallest absolute Gasteiger partial charge is 0.387 e. The number of carbonyl (C=O) groups excluding carboxylic acids is 1. The maximum absolute atomic E-state index is 12.8. The van der Waals surface area contributed by atoms with E-state index in [1.54, 1.807) is 42.1 Å². The van der Waals surface area contributed by atoms with Crippen molar-refractivity contribution in [2.45, 2.75) is 13.2 Å². The largest absolute Gasteiger partial charge is 0.434 e. The lowest BCUT2D eigenvalue weighted by atomic mass is 10.1. The molecule has 1 aliphatic rings. The van der Waals surface area contributed by atoms with Gasteiger partial charge in [-0.25, -0.2) is 0 Å². The van der Waals surface area contributed by atoms with Crippen molar-refractivity contribution in [1.82, 2.24) is 14.3 Å². The summed E-state index contributed by atoms with van der Waals surface area (Å²) in [4.78, 5) is 31.4. The number of ether oxygens (including phenoxy) is 2. The maximum Gasteiger partial charge on any atom is 0.387 e. The molecule has 0 spiro atoms. The van der Waals surface area contributed by atoms with Crippen LogP contribution in [-0.2, 0) is 18.3 Å². The van der Waals surface area contributed by atoms with E-state index in [1.807, 2.05) is 4.90 Å². The van der Waals surface area contributed by atoms with Gasteiger partial charge in [-0.05, 0) is 24.3 Å². The highest BCUT2D eigenvalue weighted by molar-refractivity contribution is 7.96. The molecule has 0 radical (unpaired) electrons. The summed E-state index contributed by atoms with van der Waals surface area (Å²) >= 11 is 4.35. The van der Waals surface area contributed by atoms with E-state index in [9.17, 15) is 18.4 Å². The van der Waals surface area contributed by atoms with E-state index < -0.39 is 12.5 Å². The van der Waals surface area contributed by atoms with Crippen LogP contribution in [0, 0.1) is 0 Å². The van der Waals surface area contributed by atoms with E-state index in [2.05, 4.69) is 22.4 Å². The molecular formula is C22H22F2N4O4S. The molecule has 0 atom stereocenters. The average molecular weight is 477 g/mol. The standard InChI is InChI=1S/C22H22F2N4O4S/c1-26-20(30)16-7-6-14(19(29)25-22(33)27-8-10-31-11-9-27)12-17(16)28(26)13-15-4-2-3-5-18(15)32-21(23)24/h2-7,12,21H,8-11,13H2,1H3,(H,25,29,33). The molecule has 1 saturated heterocycles. The zero-order valence-corrected chi connectivity index (χ0v) is 18.7. The predicted molar refractivity (Wildman–Crippen MR) is 122 cm³/mol. The van der Waals surface area contributed by atoms with Crippen molar-refractivity contribution in [3.63, 3.8) is 0 Å². The molecule has 1 aliphatic heterocycles. The van der Waals surface area contributed by atoms with Gasteiger partial charge in [0.25, 0.3) is 11.5 Å². The topological polar surface area (TPSA) is 78.1 Å². The van der Waals surface area contributed by atoms with E-state index in [1.165, 1.54) is 16.8 Å². The van der Waals surface area contributed by atoms with Gasteiger partial charge in [0.1, 0.15) is 5.75 Å². The molecule has 0 bridgehead atoms. The summed E-state index contributed by atoms with van der Waals surface area (Å²) in [5.41, 5.74) is 0.939. The number of carbonyl (C=O) groups is 1. The minimum absolute atomic E-state index is 0.0175. The Morgan fingerprint density at radius 3 is 2.67 bits per heavy atom. The van der Waals surface area contributed by atoms with Crippen LogP contribution in [0.15, 0.2) is 52.3 Å². The van der Waals surface area contributed by atoms with Gasteiger partial charge in [0.2, 0.25) is 0 Å². The van der Waals surface area contributed by atoms with Crippen molar-refractivity contribution < 1.29 is 23.0 Å². The molecule has 1 aromatic heterocycles. The fourth-order valence-corrected chi connectivity index (χ4v) is 3.98. The number of aliphatic imine (C=N–C) groups is 1. The number of rotatable bonds is 5. The van der Waals surface area contributed by atoms with Gasteiger partial charge in [-0.2, -0.15) is 13.8 Å². The average Bonchev–Trinajstić information content (AvgIpc) is 3.04. The number of amides is 1. The van der Waals surface area contributed by atoms with E-state index in [-0.39, 0.29) is 23.4 Å². The van der Waals surface area contributed by atoms with Gasteiger partial charge in [-0.1, -0.05) is 18.2 Å². The first kappa shape index (κ1) is 23.0. The quantitative estimate of drug-likeness (QED) is 0.348. The van der Waals surface area contributed by atoms with E-state index in [0.29, 0.717) is 47.9 Å². The molecule has 11 heteroatoms. The third kappa shape index (κ3) is 4.93. The van der Waals surface area contributed by atoms with Crippen LogP contribution >= 0.6 is 12.6 Å². The number of morpholine rings is 1. The summed E-state index contributed by atoms with van der Waals surface area (Å²) in [6.07, 6.45) is 0. The van der Waals surface area contributed by atoms with Crippen molar-refractivity contribution in [2.75, 3.05) is 26.3 Å². The minimum atomic E-state index is -2.97. The molecule has 1 amide bonds. The van der Waals surface area contributed by atoms with Crippen LogP contribution in [0.2, 0.25) is 0 Å². The number of aromatic nitrogens is 2. The van der Waals surface area contributed by atoms with E-state index >= 15 is 0 Å². The molecule has 8 nitrogen and oxygen atoms in total. The molecule has 0 saturated carbocycles. The normalized spacial score (nSPS) is 14.8. The molecule has 3 aromatic rings. The first-order valence-electron chi connectivity index (χ1n) is 10.2. The SMILES string of the molecule is Cn1c(=O)c2ccc(C(=O)/N=C(\S)N3CCOCC3)cc2n1Cc1ccccc1OC(F)F. The highest BCUT2D eigenvalue weighted by Crippen LogP contribution is 2.23. The Labute approximate surface area is 193 Å². The number of halogens is 2. The van der Waals surface area contributed by atoms with Crippen LogP contribution in [-0.4, -0.2) is 58.3 Å². The van der Waals surface area contributed by atoms with Crippen LogP contribution in [0.3, 0.4) is 0 Å². The molecule has 0 aliphatic carbocycles. The number of hydrogen-bond acceptors (Lipinski definition) is 4. The lowest BCUT2D eigenvalue weighted by Gasteiger charge is -2.27. The number of amidine groups is 1. The number of benzene rings is 2. The zero-order valence-electron chi connectivity index (χ0n) is 17.8. The Morgan fingerprint density at radius 1 is 1.21 bits per heavy atom. The number of thiol groups is 1. The third-order valence-corrected chi connectivity index (χ3v) is 5.80. The summed E-state index contributed by atoms with van der Waals surface area (Å²) in [6, 6.07) is 11.0. The molecule has 1 fully saturated rings. The van der Waals surface area contributed by atoms with Crippen LogP contribution in [0.1, 0.15) is 15.9 Å². The number of hydrogen-bond donors (Lipinski definition) is 1. The van der Waals surface area contributed by atoms with Gasteiger partial charge in [-0.3, -0.25) is 19.0 Å². The fourth-order valence-electron chi connectivity index (χ4n) is 3.69. The second kappa shape index (κ2) is 9.75. The van der Waals surface area contributed by atoms with Gasteiger partial charge in [0.15, 0.2) is 5.17 Å². The van der Waals surface area contributed by atoms with Gasteiger partial charge >= 0.3 is 6.61 Å². The Morgan fingerprint density at radius 2 is 1.94 bits per heavy atom. The zero-order chi connectivity index (χ0) is 23.5. The van der Waals surface area contributed by atoms with Crippen LogP contribution in [0.5, 0.6) is 5.75 Å². The van der Waals surface area contributed by atoms with Crippen molar-refractivity contribution in [3.05, 3.63) is 63.9 Å². The fraction of sp³-hybridized carbons (Fsp3) is 0.318. The lowest BCUT2D eigenvalue weighted by Crippen LogP contribution is -2.38. The number of fused-ring (bicyclic) bond motifs is 1. The van der Waals surface area contributed by atoms with Crippen molar-refractivity contribution >= 4 is 34.6 Å². The Balaban J connectivity index is 1.69. The Hall–Kier alpha value is -3.18. The second-order valence-electron chi connectivity index (χ2n) is 7.42. The first-order valence-corrected chi connectivity index (χ1v) is 10.7. The van der Waals surface area contributed by atoms with Crippen LogP contribution in [0.25, 0.3) is 10.9 Å². The first-order chi connectivity index (χ1) is 15.8. The molecule has 174 valence electrons. The van der Waals surface area contributed by atoms with E-state index in [4.69, 9.17) is 4.74 Å². The molecule has 4 rings (SSSR count). The van der Waals surface area contributed by atoms with Crippen LogP contribution < -0.4 is 10.3 Å². The molecule has 0 N–H and O–H groups in total. The summed E-state index contributed by atoms with van der Waals surface area (Å²) < 4.78 is 38.5. The number of nitrogens with zero attached hydrogens (tertiary/aromatic N) is 4. The van der Waals surface area contributed by atoms with Crippen molar-refractivity contribution in [1.29, 1.82) is 0 Å². The van der Waals surface area contributed by atoms with Gasteiger partial charge in [0, 0.05) is 31.3 Å².